The zero-order valence-corrected chi connectivity index (χ0v) is 10.9. The molecule has 2 unspecified atom stereocenters. The number of hydrogen-bond donors (Lipinski definition) is 2. The fraction of sp³-hybridized carbons (Fsp3) is 0.538. The lowest BCUT2D eigenvalue weighted by Gasteiger charge is -2.22. The maximum atomic E-state index is 11.1. The number of nitrogens with two attached hydrogens (primary N) is 1. The van der Waals surface area contributed by atoms with Crippen molar-refractivity contribution in [1.29, 1.82) is 0 Å². The fourth-order valence-electron chi connectivity index (χ4n) is 2.39. The third kappa shape index (κ3) is 2.79. The highest BCUT2D eigenvalue weighted by atomic mass is 16.1. The zero-order valence-electron chi connectivity index (χ0n) is 10.9. The van der Waals surface area contributed by atoms with Gasteiger partial charge in [0, 0.05) is 43.9 Å². The molecule has 1 aromatic heterocycles. The van der Waals surface area contributed by atoms with Gasteiger partial charge in [0.1, 0.15) is 5.82 Å². The molecule has 0 spiro atoms. The summed E-state index contributed by atoms with van der Waals surface area (Å²) in [7, 11) is 0. The number of carbonyl (C=O) groups is 1. The Balaban J connectivity index is 2.12. The number of carbonyl (C=O) groups excluding carboxylic acids is 1. The van der Waals surface area contributed by atoms with Crippen molar-refractivity contribution in [3.63, 3.8) is 0 Å². The van der Waals surface area contributed by atoms with Gasteiger partial charge in [-0.15, -0.1) is 0 Å². The Kier molecular flexibility index (Phi) is 3.81. The first-order valence-electron chi connectivity index (χ1n) is 6.30. The van der Waals surface area contributed by atoms with Gasteiger partial charge in [-0.3, -0.25) is 4.79 Å². The van der Waals surface area contributed by atoms with Crippen molar-refractivity contribution >= 4 is 11.7 Å². The van der Waals surface area contributed by atoms with Gasteiger partial charge in [-0.1, -0.05) is 6.07 Å². The second kappa shape index (κ2) is 5.35. The summed E-state index contributed by atoms with van der Waals surface area (Å²) in [4.78, 5) is 17.7. The third-order valence-electron chi connectivity index (χ3n) is 3.20. The normalized spacial score (nSPS) is 20.8. The monoisotopic (exact) mass is 248 g/mol. The molecule has 98 valence electrons. The fourth-order valence-corrected chi connectivity index (χ4v) is 2.39. The van der Waals surface area contributed by atoms with Gasteiger partial charge in [0.2, 0.25) is 5.91 Å². The summed E-state index contributed by atoms with van der Waals surface area (Å²) in [6, 6.07) is 4.10. The molecule has 5 heteroatoms. The molecular weight excluding hydrogens is 228 g/mol. The van der Waals surface area contributed by atoms with Crippen LogP contribution in [0.3, 0.4) is 0 Å². The van der Waals surface area contributed by atoms with E-state index in [1.165, 1.54) is 0 Å². The number of nitrogens with one attached hydrogen (secondary N) is 1. The second-order valence-corrected chi connectivity index (χ2v) is 4.84. The Morgan fingerprint density at radius 1 is 1.67 bits per heavy atom. The van der Waals surface area contributed by atoms with Crippen LogP contribution < -0.4 is 16.0 Å². The predicted octanol–water partition coefficient (Wildman–Crippen LogP) is 0.816. The van der Waals surface area contributed by atoms with Crippen molar-refractivity contribution in [3.05, 3.63) is 23.9 Å². The van der Waals surface area contributed by atoms with Crippen LogP contribution in [-0.4, -0.2) is 30.0 Å². The largest absolute Gasteiger partial charge is 0.354 e. The molecule has 0 radical (unpaired) electrons. The van der Waals surface area contributed by atoms with E-state index in [9.17, 15) is 4.79 Å². The van der Waals surface area contributed by atoms with Gasteiger partial charge in [0.25, 0.3) is 0 Å². The van der Waals surface area contributed by atoms with Crippen molar-refractivity contribution in [2.24, 2.45) is 5.73 Å². The molecule has 1 aliphatic rings. The molecule has 2 heterocycles. The SMILES string of the molecule is CC(=O)NC1CCN(c2ncccc2C(C)N)C1. The lowest BCUT2D eigenvalue weighted by molar-refractivity contribution is -0.119. The van der Waals surface area contributed by atoms with E-state index < -0.39 is 0 Å². The van der Waals surface area contributed by atoms with Crippen LogP contribution in [0.15, 0.2) is 18.3 Å². The summed E-state index contributed by atoms with van der Waals surface area (Å²) in [6.45, 7) is 5.22. The molecule has 0 aliphatic carbocycles. The van der Waals surface area contributed by atoms with Gasteiger partial charge in [0.15, 0.2) is 0 Å². The predicted molar refractivity (Wildman–Crippen MR) is 71.3 cm³/mol. The maximum Gasteiger partial charge on any atom is 0.217 e. The standard InChI is InChI=1S/C13H20N4O/c1-9(14)12-4-3-6-15-13(12)17-7-5-11(8-17)16-10(2)18/h3-4,6,9,11H,5,7-8,14H2,1-2H3,(H,16,18). The van der Waals surface area contributed by atoms with Crippen molar-refractivity contribution in [2.45, 2.75) is 32.4 Å². The molecule has 3 N–H and O–H groups in total. The van der Waals surface area contributed by atoms with Crippen molar-refractivity contribution in [1.82, 2.24) is 10.3 Å². The number of aromatic nitrogens is 1. The lowest BCUT2D eigenvalue weighted by atomic mass is 10.1. The molecule has 2 atom stereocenters. The van der Waals surface area contributed by atoms with E-state index in [4.69, 9.17) is 5.73 Å². The molecule has 5 nitrogen and oxygen atoms in total. The summed E-state index contributed by atoms with van der Waals surface area (Å²) in [6.07, 6.45) is 2.74. The minimum Gasteiger partial charge on any atom is -0.354 e. The first kappa shape index (κ1) is 12.8. The van der Waals surface area contributed by atoms with Crippen molar-refractivity contribution in [3.8, 4) is 0 Å². The van der Waals surface area contributed by atoms with Gasteiger partial charge in [-0.2, -0.15) is 0 Å². The summed E-state index contributed by atoms with van der Waals surface area (Å²) in [5, 5.41) is 2.95. The van der Waals surface area contributed by atoms with E-state index in [-0.39, 0.29) is 18.0 Å². The average Bonchev–Trinajstić information content (AvgIpc) is 2.76. The number of rotatable bonds is 3. The van der Waals surface area contributed by atoms with E-state index in [1.54, 1.807) is 13.1 Å². The van der Waals surface area contributed by atoms with E-state index in [2.05, 4.69) is 15.2 Å². The van der Waals surface area contributed by atoms with Gasteiger partial charge in [-0.25, -0.2) is 4.98 Å². The topological polar surface area (TPSA) is 71.2 Å². The number of amides is 1. The molecule has 1 amide bonds. The van der Waals surface area contributed by atoms with E-state index in [0.29, 0.717) is 0 Å². The summed E-state index contributed by atoms with van der Waals surface area (Å²) in [5.74, 6) is 0.968. The van der Waals surface area contributed by atoms with Crippen molar-refractivity contribution in [2.75, 3.05) is 18.0 Å². The van der Waals surface area contributed by atoms with Crippen LogP contribution in [0.4, 0.5) is 5.82 Å². The molecule has 1 aromatic rings. The van der Waals surface area contributed by atoms with Crippen LogP contribution >= 0.6 is 0 Å². The van der Waals surface area contributed by atoms with E-state index in [1.807, 2.05) is 19.1 Å². The third-order valence-corrected chi connectivity index (χ3v) is 3.20. The maximum absolute atomic E-state index is 11.1. The Hall–Kier alpha value is -1.62. The molecule has 0 saturated carbocycles. The quantitative estimate of drug-likeness (QED) is 0.830. The first-order valence-corrected chi connectivity index (χ1v) is 6.30. The molecular formula is C13H20N4O. The van der Waals surface area contributed by atoms with Crippen LogP contribution in [0.2, 0.25) is 0 Å². The number of anilines is 1. The molecule has 0 bridgehead atoms. The smallest absolute Gasteiger partial charge is 0.217 e. The Labute approximate surface area is 107 Å². The van der Waals surface area contributed by atoms with Crippen LogP contribution in [-0.2, 0) is 4.79 Å². The second-order valence-electron chi connectivity index (χ2n) is 4.84. The minimum absolute atomic E-state index is 0.0234. The number of nitrogens with zero attached hydrogens (tertiary/aromatic N) is 2. The van der Waals surface area contributed by atoms with Gasteiger partial charge in [-0.05, 0) is 19.4 Å². The Bertz CT molecular complexity index is 433. The van der Waals surface area contributed by atoms with Gasteiger partial charge >= 0.3 is 0 Å². The number of hydrogen-bond acceptors (Lipinski definition) is 4. The van der Waals surface area contributed by atoms with Crippen LogP contribution in [0.25, 0.3) is 0 Å². The summed E-state index contributed by atoms with van der Waals surface area (Å²) >= 11 is 0. The molecule has 0 aromatic carbocycles. The first-order chi connectivity index (χ1) is 8.58. The average molecular weight is 248 g/mol. The Morgan fingerprint density at radius 3 is 3.11 bits per heavy atom. The van der Waals surface area contributed by atoms with Crippen LogP contribution in [0, 0.1) is 0 Å². The summed E-state index contributed by atoms with van der Waals surface area (Å²) in [5.41, 5.74) is 7.02. The number of pyridine rings is 1. The molecule has 1 aliphatic heterocycles. The van der Waals surface area contributed by atoms with Gasteiger partial charge < -0.3 is 16.0 Å². The molecule has 2 rings (SSSR count). The van der Waals surface area contributed by atoms with Crippen LogP contribution in [0.5, 0.6) is 0 Å². The van der Waals surface area contributed by atoms with E-state index >= 15 is 0 Å². The van der Waals surface area contributed by atoms with Crippen LogP contribution in [0.1, 0.15) is 31.9 Å². The zero-order chi connectivity index (χ0) is 13.1. The van der Waals surface area contributed by atoms with Gasteiger partial charge in [0.05, 0.1) is 0 Å². The lowest BCUT2D eigenvalue weighted by Crippen LogP contribution is -2.36. The molecule has 18 heavy (non-hydrogen) atoms. The van der Waals surface area contributed by atoms with E-state index in [0.717, 1.165) is 30.9 Å². The highest BCUT2D eigenvalue weighted by molar-refractivity contribution is 5.73. The highest BCUT2D eigenvalue weighted by Crippen LogP contribution is 2.25. The molecule has 1 fully saturated rings. The molecule has 1 saturated heterocycles. The Morgan fingerprint density at radius 2 is 2.44 bits per heavy atom. The minimum atomic E-state index is -0.0338. The van der Waals surface area contributed by atoms with Crippen molar-refractivity contribution < 1.29 is 4.79 Å². The highest BCUT2D eigenvalue weighted by Gasteiger charge is 2.25. The summed E-state index contributed by atoms with van der Waals surface area (Å²) < 4.78 is 0.